The second-order valence-corrected chi connectivity index (χ2v) is 5.91. The molecule has 21 heavy (non-hydrogen) atoms. The summed E-state index contributed by atoms with van der Waals surface area (Å²) in [6.45, 7) is 2.81. The molecule has 1 N–H and O–H groups in total. The van der Waals surface area contributed by atoms with Crippen molar-refractivity contribution in [3.05, 3.63) is 47.1 Å². The van der Waals surface area contributed by atoms with Gasteiger partial charge in [-0.25, -0.2) is 9.97 Å². The maximum absolute atomic E-state index is 4.66. The monoisotopic (exact) mass is 298 g/mol. The Balaban J connectivity index is 1.92. The standard InChI is InChI=1S/C16H18N4S/c1-11-6-4-5-7-13(11)20(3)10-14-18-15(17-2)12-8-9-21-16(12)19-14/h4-9H,10H2,1-3H3,(H,17,18,19). The van der Waals surface area contributed by atoms with Crippen molar-refractivity contribution in [3.63, 3.8) is 0 Å². The minimum Gasteiger partial charge on any atom is -0.372 e. The minimum atomic E-state index is 0.688. The molecule has 0 bridgehead atoms. The number of benzene rings is 1. The number of hydrogen-bond donors (Lipinski definition) is 1. The van der Waals surface area contributed by atoms with Gasteiger partial charge in [-0.2, -0.15) is 0 Å². The molecule has 2 heterocycles. The molecule has 0 amide bonds. The topological polar surface area (TPSA) is 41.1 Å². The van der Waals surface area contributed by atoms with Crippen LogP contribution in [0.25, 0.3) is 10.2 Å². The van der Waals surface area contributed by atoms with E-state index in [1.54, 1.807) is 11.3 Å². The SMILES string of the molecule is CNc1nc(CN(C)c2ccccc2C)nc2sccc12. The maximum Gasteiger partial charge on any atom is 0.151 e. The number of aryl methyl sites for hydroxylation is 1. The second-order valence-electron chi connectivity index (χ2n) is 5.02. The van der Waals surface area contributed by atoms with Gasteiger partial charge in [0, 0.05) is 19.8 Å². The third kappa shape index (κ3) is 2.69. The highest BCUT2D eigenvalue weighted by Gasteiger charge is 2.11. The van der Waals surface area contributed by atoms with Crippen molar-refractivity contribution in [3.8, 4) is 0 Å². The van der Waals surface area contributed by atoms with Crippen LogP contribution >= 0.6 is 11.3 Å². The first-order valence-corrected chi connectivity index (χ1v) is 7.75. The van der Waals surface area contributed by atoms with E-state index in [0.29, 0.717) is 6.54 Å². The summed E-state index contributed by atoms with van der Waals surface area (Å²) in [5, 5.41) is 6.30. The van der Waals surface area contributed by atoms with Gasteiger partial charge in [0.1, 0.15) is 10.6 Å². The molecule has 5 heteroatoms. The van der Waals surface area contributed by atoms with Crippen molar-refractivity contribution in [2.24, 2.45) is 0 Å². The van der Waals surface area contributed by atoms with E-state index in [2.05, 4.69) is 69.9 Å². The molecule has 0 atom stereocenters. The molecule has 108 valence electrons. The van der Waals surface area contributed by atoms with E-state index in [0.717, 1.165) is 21.9 Å². The molecule has 0 saturated heterocycles. The zero-order chi connectivity index (χ0) is 14.8. The normalized spacial score (nSPS) is 10.8. The molecule has 0 aliphatic rings. The number of thiophene rings is 1. The molecule has 4 nitrogen and oxygen atoms in total. The Hall–Kier alpha value is -2.14. The first-order chi connectivity index (χ1) is 10.2. The number of anilines is 2. The molecular weight excluding hydrogens is 280 g/mol. The van der Waals surface area contributed by atoms with Crippen LogP contribution in [0.1, 0.15) is 11.4 Å². The van der Waals surface area contributed by atoms with Gasteiger partial charge in [-0.15, -0.1) is 11.3 Å². The predicted molar refractivity (Wildman–Crippen MR) is 90.2 cm³/mol. The average Bonchev–Trinajstić information content (AvgIpc) is 2.95. The van der Waals surface area contributed by atoms with E-state index in [-0.39, 0.29) is 0 Å². The fourth-order valence-corrected chi connectivity index (χ4v) is 3.23. The van der Waals surface area contributed by atoms with Crippen molar-refractivity contribution in [2.45, 2.75) is 13.5 Å². The van der Waals surface area contributed by atoms with Crippen molar-refractivity contribution in [2.75, 3.05) is 24.3 Å². The zero-order valence-electron chi connectivity index (χ0n) is 12.4. The molecule has 0 aliphatic heterocycles. The average molecular weight is 298 g/mol. The quantitative estimate of drug-likeness (QED) is 0.798. The van der Waals surface area contributed by atoms with Crippen LogP contribution < -0.4 is 10.2 Å². The summed E-state index contributed by atoms with van der Waals surface area (Å²) >= 11 is 1.65. The maximum atomic E-state index is 4.66. The lowest BCUT2D eigenvalue weighted by molar-refractivity contribution is 0.847. The largest absolute Gasteiger partial charge is 0.372 e. The number of nitrogens with zero attached hydrogens (tertiary/aromatic N) is 3. The van der Waals surface area contributed by atoms with Crippen molar-refractivity contribution in [1.29, 1.82) is 0 Å². The summed E-state index contributed by atoms with van der Waals surface area (Å²) < 4.78 is 0. The van der Waals surface area contributed by atoms with Crippen LogP contribution in [0.3, 0.4) is 0 Å². The van der Waals surface area contributed by atoms with Crippen LogP contribution in [0.4, 0.5) is 11.5 Å². The van der Waals surface area contributed by atoms with E-state index < -0.39 is 0 Å². The number of hydrogen-bond acceptors (Lipinski definition) is 5. The van der Waals surface area contributed by atoms with E-state index >= 15 is 0 Å². The van der Waals surface area contributed by atoms with Crippen molar-refractivity contribution < 1.29 is 0 Å². The van der Waals surface area contributed by atoms with E-state index in [9.17, 15) is 0 Å². The van der Waals surface area contributed by atoms with Gasteiger partial charge in [0.05, 0.1) is 11.9 Å². The summed E-state index contributed by atoms with van der Waals surface area (Å²) in [5.41, 5.74) is 2.46. The van der Waals surface area contributed by atoms with Gasteiger partial charge in [0.25, 0.3) is 0 Å². The first-order valence-electron chi connectivity index (χ1n) is 6.87. The van der Waals surface area contributed by atoms with Crippen LogP contribution in [0.2, 0.25) is 0 Å². The lowest BCUT2D eigenvalue weighted by atomic mass is 10.2. The van der Waals surface area contributed by atoms with Crippen LogP contribution in [0.15, 0.2) is 35.7 Å². The summed E-state index contributed by atoms with van der Waals surface area (Å²) in [6, 6.07) is 10.4. The van der Waals surface area contributed by atoms with Gasteiger partial charge in [0.15, 0.2) is 5.82 Å². The van der Waals surface area contributed by atoms with Gasteiger partial charge in [-0.1, -0.05) is 18.2 Å². The van der Waals surface area contributed by atoms with Gasteiger partial charge in [0.2, 0.25) is 0 Å². The third-order valence-electron chi connectivity index (χ3n) is 3.51. The minimum absolute atomic E-state index is 0.688. The van der Waals surface area contributed by atoms with Crippen LogP contribution in [-0.4, -0.2) is 24.1 Å². The van der Waals surface area contributed by atoms with Crippen LogP contribution in [0, 0.1) is 6.92 Å². The molecule has 0 spiro atoms. The number of nitrogens with one attached hydrogen (secondary N) is 1. The Bertz CT molecular complexity index is 766. The third-order valence-corrected chi connectivity index (χ3v) is 4.32. The summed E-state index contributed by atoms with van der Waals surface area (Å²) in [6.07, 6.45) is 0. The van der Waals surface area contributed by atoms with E-state index in [4.69, 9.17) is 0 Å². The number of fused-ring (bicyclic) bond motifs is 1. The molecule has 0 radical (unpaired) electrons. The van der Waals surface area contributed by atoms with Crippen LogP contribution in [0.5, 0.6) is 0 Å². The Kier molecular flexibility index (Phi) is 3.75. The van der Waals surface area contributed by atoms with Crippen LogP contribution in [-0.2, 0) is 6.54 Å². The molecule has 0 fully saturated rings. The Morgan fingerprint density at radius 1 is 1.19 bits per heavy atom. The fourth-order valence-electron chi connectivity index (χ4n) is 2.45. The lowest BCUT2D eigenvalue weighted by Gasteiger charge is -2.20. The van der Waals surface area contributed by atoms with Gasteiger partial charge < -0.3 is 10.2 Å². The van der Waals surface area contributed by atoms with E-state index in [1.165, 1.54) is 11.3 Å². The summed E-state index contributed by atoms with van der Waals surface area (Å²) in [4.78, 5) is 12.5. The Labute approximate surface area is 128 Å². The Morgan fingerprint density at radius 2 is 2.00 bits per heavy atom. The summed E-state index contributed by atoms with van der Waals surface area (Å²) in [5.74, 6) is 1.73. The van der Waals surface area contributed by atoms with Gasteiger partial charge in [-0.3, -0.25) is 0 Å². The molecule has 0 saturated carbocycles. The van der Waals surface area contributed by atoms with Crippen molar-refractivity contribution in [1.82, 2.24) is 9.97 Å². The summed E-state index contributed by atoms with van der Waals surface area (Å²) in [7, 11) is 3.97. The number of rotatable bonds is 4. The fraction of sp³-hybridized carbons (Fsp3) is 0.250. The molecule has 3 rings (SSSR count). The zero-order valence-corrected chi connectivity index (χ0v) is 13.2. The highest BCUT2D eigenvalue weighted by Crippen LogP contribution is 2.26. The lowest BCUT2D eigenvalue weighted by Crippen LogP contribution is -2.19. The molecule has 2 aromatic heterocycles. The molecule has 3 aromatic rings. The first kappa shape index (κ1) is 13.8. The van der Waals surface area contributed by atoms with Gasteiger partial charge in [-0.05, 0) is 30.0 Å². The highest BCUT2D eigenvalue weighted by molar-refractivity contribution is 7.16. The van der Waals surface area contributed by atoms with Crippen molar-refractivity contribution >= 4 is 33.1 Å². The number of para-hydroxylation sites is 1. The Morgan fingerprint density at radius 3 is 2.76 bits per heavy atom. The molecule has 0 aliphatic carbocycles. The molecular formula is C16H18N4S. The molecule has 1 aromatic carbocycles. The second kappa shape index (κ2) is 5.69. The molecule has 0 unspecified atom stereocenters. The smallest absolute Gasteiger partial charge is 0.151 e. The predicted octanol–water partition coefficient (Wildman–Crippen LogP) is 3.68. The van der Waals surface area contributed by atoms with Gasteiger partial charge >= 0.3 is 0 Å². The highest BCUT2D eigenvalue weighted by atomic mass is 32.1. The van der Waals surface area contributed by atoms with E-state index in [1.807, 2.05) is 7.05 Å². The number of aromatic nitrogens is 2.